The summed E-state index contributed by atoms with van der Waals surface area (Å²) in [5.74, 6) is -0.829. The van der Waals surface area contributed by atoms with E-state index >= 15 is 0 Å². The van der Waals surface area contributed by atoms with Gasteiger partial charge in [-0.1, -0.05) is 25.1 Å². The van der Waals surface area contributed by atoms with Crippen LogP contribution >= 0.6 is 12.6 Å². The summed E-state index contributed by atoms with van der Waals surface area (Å²) in [4.78, 5) is 10.7. The Kier molecular flexibility index (Phi) is 6.83. The molecule has 1 aromatic rings. The lowest BCUT2D eigenvalue weighted by atomic mass is 9.96. The molecule has 0 bridgehead atoms. The molecule has 1 amide bonds. The van der Waals surface area contributed by atoms with Gasteiger partial charge in [-0.25, -0.2) is 0 Å². The summed E-state index contributed by atoms with van der Waals surface area (Å²) in [6.07, 6.45) is -2.62. The summed E-state index contributed by atoms with van der Waals surface area (Å²) in [6, 6.07) is 4.94. The quantitative estimate of drug-likeness (QED) is 0.820. The van der Waals surface area contributed by atoms with Crippen LogP contribution in [0.15, 0.2) is 24.3 Å². The monoisotopic (exact) mass is 279 g/mol. The highest BCUT2D eigenvalue weighted by atomic mass is 32.1. The van der Waals surface area contributed by atoms with E-state index in [1.165, 1.54) is 6.07 Å². The van der Waals surface area contributed by atoms with Crippen molar-refractivity contribution in [3.05, 3.63) is 35.4 Å². The summed E-state index contributed by atoms with van der Waals surface area (Å²) >= 11 is 3.53. The Bertz CT molecular complexity index is 393. The molecule has 0 radical (unpaired) electrons. The van der Waals surface area contributed by atoms with Crippen LogP contribution in [0.3, 0.4) is 0 Å². The van der Waals surface area contributed by atoms with Crippen LogP contribution in [-0.4, -0.2) is 12.2 Å². The lowest BCUT2D eigenvalue weighted by molar-refractivity contribution is -0.137. The predicted molar refractivity (Wildman–Crippen MR) is 68.6 cm³/mol. The molecule has 6 heteroatoms. The maximum atomic E-state index is 12.4. The first-order valence-electron chi connectivity index (χ1n) is 5.21. The Balaban J connectivity index is 0.00000137. The zero-order valence-electron chi connectivity index (χ0n) is 10.2. The number of rotatable bonds is 3. The molecule has 1 atom stereocenters. The molecule has 0 fully saturated rings. The molecule has 0 aliphatic rings. The van der Waals surface area contributed by atoms with Gasteiger partial charge in [0, 0.05) is 6.42 Å². The number of hydrogen-bond donors (Lipinski definition) is 2. The summed E-state index contributed by atoms with van der Waals surface area (Å²) in [7, 11) is 0. The minimum atomic E-state index is -4.36. The van der Waals surface area contributed by atoms with E-state index in [9.17, 15) is 18.0 Å². The number of carbonyl (C=O) groups excluding carboxylic acids is 1. The molecule has 18 heavy (non-hydrogen) atoms. The summed E-state index contributed by atoms with van der Waals surface area (Å²) in [5.41, 5.74) is 4.75. The third-order valence-electron chi connectivity index (χ3n) is 2.29. The fourth-order valence-corrected chi connectivity index (χ4v) is 1.44. The first-order valence-corrected chi connectivity index (χ1v) is 6.10. The average Bonchev–Trinajstić information content (AvgIpc) is 2.30. The smallest absolute Gasteiger partial charge is 0.370 e. The number of alkyl halides is 3. The first-order chi connectivity index (χ1) is 8.30. The topological polar surface area (TPSA) is 43.1 Å². The van der Waals surface area contributed by atoms with Gasteiger partial charge in [0.05, 0.1) is 5.56 Å². The minimum absolute atomic E-state index is 0.0430. The van der Waals surface area contributed by atoms with Gasteiger partial charge in [-0.3, -0.25) is 4.79 Å². The van der Waals surface area contributed by atoms with Crippen molar-refractivity contribution in [1.29, 1.82) is 0 Å². The second-order valence-electron chi connectivity index (χ2n) is 3.69. The number of nitrogens with two attached hydrogens (primary N) is 1. The van der Waals surface area contributed by atoms with Gasteiger partial charge in [0.15, 0.2) is 0 Å². The normalized spacial score (nSPS) is 12.3. The molecule has 102 valence electrons. The lowest BCUT2D eigenvalue weighted by Crippen LogP contribution is -2.14. The van der Waals surface area contributed by atoms with Gasteiger partial charge < -0.3 is 5.73 Å². The van der Waals surface area contributed by atoms with E-state index in [4.69, 9.17) is 5.73 Å². The van der Waals surface area contributed by atoms with Crippen molar-refractivity contribution in [2.75, 3.05) is 6.26 Å². The molecule has 1 rings (SSSR count). The molecular weight excluding hydrogens is 263 g/mol. The minimum Gasteiger partial charge on any atom is -0.370 e. The standard InChI is InChI=1S/C11H12F3NO.CH4S/c1-7(5-10(15)16)8-3-2-4-9(6-8)11(12,13)14;1-2/h2-4,6-7H,5H2,1H3,(H2,15,16);2H,1H3. The average molecular weight is 279 g/mol. The zero-order chi connectivity index (χ0) is 14.3. The Morgan fingerprint density at radius 3 is 2.39 bits per heavy atom. The third kappa shape index (κ3) is 5.44. The Morgan fingerprint density at radius 2 is 1.94 bits per heavy atom. The van der Waals surface area contributed by atoms with Crippen molar-refractivity contribution in [2.24, 2.45) is 5.73 Å². The summed E-state index contributed by atoms with van der Waals surface area (Å²) < 4.78 is 37.2. The van der Waals surface area contributed by atoms with E-state index in [1.54, 1.807) is 19.2 Å². The molecule has 0 aliphatic carbocycles. The van der Waals surface area contributed by atoms with Crippen molar-refractivity contribution in [2.45, 2.75) is 25.4 Å². The summed E-state index contributed by atoms with van der Waals surface area (Å²) in [5, 5.41) is 0. The van der Waals surface area contributed by atoms with Crippen LogP contribution in [-0.2, 0) is 11.0 Å². The lowest BCUT2D eigenvalue weighted by Gasteiger charge is -2.12. The van der Waals surface area contributed by atoms with E-state index in [2.05, 4.69) is 12.6 Å². The highest BCUT2D eigenvalue weighted by Gasteiger charge is 2.30. The van der Waals surface area contributed by atoms with E-state index < -0.39 is 17.6 Å². The van der Waals surface area contributed by atoms with Crippen LogP contribution in [0, 0.1) is 0 Å². The first kappa shape index (κ1) is 16.8. The fraction of sp³-hybridized carbons (Fsp3) is 0.417. The second kappa shape index (κ2) is 7.31. The molecule has 0 aliphatic heterocycles. The highest BCUT2D eigenvalue weighted by molar-refractivity contribution is 7.79. The Labute approximate surface area is 110 Å². The molecule has 1 aromatic carbocycles. The number of thiol groups is 1. The number of benzene rings is 1. The van der Waals surface area contributed by atoms with Crippen LogP contribution in [0.4, 0.5) is 13.2 Å². The summed E-state index contributed by atoms with van der Waals surface area (Å²) in [6.45, 7) is 1.67. The van der Waals surface area contributed by atoms with E-state index in [-0.39, 0.29) is 12.3 Å². The molecular formula is C12H16F3NOS. The van der Waals surface area contributed by atoms with Crippen LogP contribution in [0.1, 0.15) is 30.4 Å². The van der Waals surface area contributed by atoms with Crippen molar-refractivity contribution < 1.29 is 18.0 Å². The highest BCUT2D eigenvalue weighted by Crippen LogP contribution is 2.31. The van der Waals surface area contributed by atoms with E-state index in [0.29, 0.717) is 5.56 Å². The maximum absolute atomic E-state index is 12.4. The second-order valence-corrected chi connectivity index (χ2v) is 3.69. The number of halogens is 3. The molecule has 1 unspecified atom stereocenters. The Hall–Kier alpha value is -1.17. The fourth-order valence-electron chi connectivity index (χ4n) is 1.44. The van der Waals surface area contributed by atoms with E-state index in [0.717, 1.165) is 12.1 Å². The van der Waals surface area contributed by atoms with Crippen molar-refractivity contribution in [3.8, 4) is 0 Å². The van der Waals surface area contributed by atoms with Crippen molar-refractivity contribution >= 4 is 18.5 Å². The molecule has 0 saturated carbocycles. The molecule has 0 spiro atoms. The van der Waals surface area contributed by atoms with Gasteiger partial charge >= 0.3 is 6.18 Å². The maximum Gasteiger partial charge on any atom is 0.416 e. The largest absolute Gasteiger partial charge is 0.416 e. The molecule has 2 nitrogen and oxygen atoms in total. The molecule has 0 heterocycles. The zero-order valence-corrected chi connectivity index (χ0v) is 11.1. The van der Waals surface area contributed by atoms with Gasteiger partial charge in [-0.2, -0.15) is 25.8 Å². The van der Waals surface area contributed by atoms with Crippen LogP contribution in [0.25, 0.3) is 0 Å². The van der Waals surface area contributed by atoms with Gasteiger partial charge in [0.1, 0.15) is 0 Å². The predicted octanol–water partition coefficient (Wildman–Crippen LogP) is 3.23. The SMILES string of the molecule is CC(CC(N)=O)c1cccc(C(F)(F)F)c1.CS. The van der Waals surface area contributed by atoms with Gasteiger partial charge in [0.25, 0.3) is 0 Å². The van der Waals surface area contributed by atoms with Crippen molar-refractivity contribution in [3.63, 3.8) is 0 Å². The molecule has 0 saturated heterocycles. The number of amides is 1. The van der Waals surface area contributed by atoms with Crippen molar-refractivity contribution in [1.82, 2.24) is 0 Å². The molecule has 2 N–H and O–H groups in total. The van der Waals surface area contributed by atoms with Crippen LogP contribution in [0.2, 0.25) is 0 Å². The van der Waals surface area contributed by atoms with Gasteiger partial charge in [-0.05, 0) is 23.8 Å². The number of carbonyl (C=O) groups is 1. The van der Waals surface area contributed by atoms with Gasteiger partial charge in [-0.15, -0.1) is 0 Å². The van der Waals surface area contributed by atoms with Crippen LogP contribution < -0.4 is 5.73 Å². The Morgan fingerprint density at radius 1 is 1.39 bits per heavy atom. The van der Waals surface area contributed by atoms with E-state index in [1.807, 2.05) is 0 Å². The molecule has 0 aromatic heterocycles. The van der Waals surface area contributed by atoms with Crippen LogP contribution in [0.5, 0.6) is 0 Å². The van der Waals surface area contributed by atoms with Gasteiger partial charge in [0.2, 0.25) is 5.91 Å². The number of primary amides is 1. The number of hydrogen-bond acceptors (Lipinski definition) is 2. The third-order valence-corrected chi connectivity index (χ3v) is 2.29.